The van der Waals surface area contributed by atoms with Crippen LogP contribution in [0, 0.1) is 0 Å². The van der Waals surface area contributed by atoms with Crippen LogP contribution in [0.15, 0.2) is 36.4 Å². The standard InChI is InChI=1S/C18H12O6.6C2H4O2/c19-13-1-7-8(2-14(13)20)10-4-17(23)18(24)6-12(10)11-5-16(22)15(21)3-9(7)11;6*1-2(3)4/h1-6,19-24H;6*1H3,(H,3,4). The average molecular weight is 685 g/mol. The first-order valence-electron chi connectivity index (χ1n) is 12.6. The Hall–Kier alpha value is -6.72. The molecular formula is C30H36O18. The van der Waals surface area contributed by atoms with Crippen molar-refractivity contribution >= 4 is 68.1 Å². The van der Waals surface area contributed by atoms with E-state index in [0.717, 1.165) is 41.5 Å². The minimum atomic E-state index is -0.833. The number of carboxylic acid groups (broad SMARTS) is 6. The van der Waals surface area contributed by atoms with Crippen LogP contribution in [-0.4, -0.2) is 97.1 Å². The molecule has 0 amide bonds. The molecule has 0 heterocycles. The number of phenols is 6. The Morgan fingerprint density at radius 2 is 0.354 bits per heavy atom. The summed E-state index contributed by atoms with van der Waals surface area (Å²) in [6, 6.07) is 8.04. The number of carbonyl (C=O) groups is 6. The second-order valence-corrected chi connectivity index (χ2v) is 8.77. The predicted molar refractivity (Wildman–Crippen MR) is 169 cm³/mol. The summed E-state index contributed by atoms with van der Waals surface area (Å²) in [6.45, 7) is 6.50. The van der Waals surface area contributed by atoms with Crippen molar-refractivity contribution in [3.05, 3.63) is 36.4 Å². The van der Waals surface area contributed by atoms with E-state index in [1.54, 1.807) is 0 Å². The number of rotatable bonds is 0. The fourth-order valence-electron chi connectivity index (χ4n) is 3.07. The lowest BCUT2D eigenvalue weighted by atomic mass is 9.93. The Morgan fingerprint density at radius 1 is 0.292 bits per heavy atom. The molecule has 12 N–H and O–H groups in total. The maximum atomic E-state index is 9.82. The van der Waals surface area contributed by atoms with Crippen molar-refractivity contribution in [3.8, 4) is 34.5 Å². The van der Waals surface area contributed by atoms with Gasteiger partial charge in [-0.25, -0.2) is 0 Å². The Morgan fingerprint density at radius 3 is 0.417 bits per heavy atom. The Labute approximate surface area is 270 Å². The summed E-state index contributed by atoms with van der Waals surface area (Å²) in [5.41, 5.74) is 0. The molecule has 4 aromatic rings. The van der Waals surface area contributed by atoms with Crippen LogP contribution >= 0.6 is 0 Å². The highest BCUT2D eigenvalue weighted by Crippen LogP contribution is 2.45. The van der Waals surface area contributed by atoms with Crippen LogP contribution in [0.25, 0.3) is 32.3 Å². The largest absolute Gasteiger partial charge is 0.504 e. The van der Waals surface area contributed by atoms with Gasteiger partial charge in [0.15, 0.2) is 34.5 Å². The quantitative estimate of drug-likeness (QED) is 0.0921. The molecule has 0 atom stereocenters. The Balaban J connectivity index is -0.000000690. The Bertz CT molecular complexity index is 1370. The first-order valence-corrected chi connectivity index (χ1v) is 12.6. The number of fused-ring (bicyclic) bond motifs is 6. The van der Waals surface area contributed by atoms with Gasteiger partial charge < -0.3 is 61.3 Å². The maximum Gasteiger partial charge on any atom is 0.300 e. The summed E-state index contributed by atoms with van der Waals surface area (Å²) < 4.78 is 0. The lowest BCUT2D eigenvalue weighted by Gasteiger charge is -2.13. The number of carboxylic acids is 6. The molecule has 0 aliphatic heterocycles. The highest BCUT2D eigenvalue weighted by molar-refractivity contribution is 6.26. The van der Waals surface area contributed by atoms with E-state index in [1.807, 2.05) is 0 Å². The van der Waals surface area contributed by atoms with Gasteiger partial charge in [-0.2, -0.15) is 0 Å². The van der Waals surface area contributed by atoms with Crippen molar-refractivity contribution in [1.82, 2.24) is 0 Å². The number of benzene rings is 4. The zero-order chi connectivity index (χ0) is 38.6. The third-order valence-corrected chi connectivity index (χ3v) is 4.21. The lowest BCUT2D eigenvalue weighted by Crippen LogP contribution is -1.85. The molecule has 48 heavy (non-hydrogen) atoms. The molecule has 0 unspecified atom stereocenters. The van der Waals surface area contributed by atoms with Crippen molar-refractivity contribution in [2.45, 2.75) is 41.5 Å². The lowest BCUT2D eigenvalue weighted by molar-refractivity contribution is -0.135. The molecule has 18 heteroatoms. The number of hydrogen-bond donors (Lipinski definition) is 12. The average Bonchev–Trinajstić information content (AvgIpc) is 2.86. The summed E-state index contributed by atoms with van der Waals surface area (Å²) in [5, 5.41) is 106. The normalized spacial score (nSPS) is 8.88. The van der Waals surface area contributed by atoms with Gasteiger partial charge in [-0.3, -0.25) is 28.8 Å². The van der Waals surface area contributed by atoms with Gasteiger partial charge in [0.05, 0.1) is 0 Å². The van der Waals surface area contributed by atoms with E-state index in [4.69, 9.17) is 59.4 Å². The number of phenolic OH excluding ortho intramolecular Hbond substituents is 6. The van der Waals surface area contributed by atoms with Crippen LogP contribution in [0.3, 0.4) is 0 Å². The highest BCUT2D eigenvalue weighted by Gasteiger charge is 2.16. The molecule has 4 rings (SSSR count). The molecule has 0 aromatic heterocycles. The van der Waals surface area contributed by atoms with E-state index in [9.17, 15) is 30.6 Å². The van der Waals surface area contributed by atoms with Gasteiger partial charge in [0, 0.05) is 41.5 Å². The van der Waals surface area contributed by atoms with E-state index in [0.29, 0.717) is 32.3 Å². The Kier molecular flexibility index (Phi) is 20.8. The smallest absolute Gasteiger partial charge is 0.300 e. The van der Waals surface area contributed by atoms with Gasteiger partial charge in [0.2, 0.25) is 0 Å². The molecule has 0 aliphatic rings. The summed E-state index contributed by atoms with van der Waals surface area (Å²) in [6.07, 6.45) is 0. The molecule has 0 fully saturated rings. The van der Waals surface area contributed by atoms with Crippen LogP contribution in [0.4, 0.5) is 0 Å². The van der Waals surface area contributed by atoms with Gasteiger partial charge in [-0.05, 0) is 68.7 Å². The minimum absolute atomic E-state index is 0.335. The molecule has 264 valence electrons. The van der Waals surface area contributed by atoms with E-state index in [1.165, 1.54) is 36.4 Å². The summed E-state index contributed by atoms with van der Waals surface area (Å²) in [5.74, 6) is -7.01. The van der Waals surface area contributed by atoms with E-state index in [2.05, 4.69) is 0 Å². The fraction of sp³-hybridized carbons (Fsp3) is 0.200. The molecule has 0 spiro atoms. The van der Waals surface area contributed by atoms with Gasteiger partial charge in [-0.1, -0.05) is 0 Å². The van der Waals surface area contributed by atoms with E-state index < -0.39 is 35.8 Å². The summed E-state index contributed by atoms with van der Waals surface area (Å²) in [7, 11) is 0. The fourth-order valence-corrected chi connectivity index (χ4v) is 3.07. The molecule has 0 radical (unpaired) electrons. The van der Waals surface area contributed by atoms with E-state index >= 15 is 0 Å². The second kappa shape index (κ2) is 21.9. The number of hydrogen-bond acceptors (Lipinski definition) is 12. The maximum absolute atomic E-state index is 9.82. The monoisotopic (exact) mass is 684 g/mol. The van der Waals surface area contributed by atoms with Crippen molar-refractivity contribution in [2.24, 2.45) is 0 Å². The van der Waals surface area contributed by atoms with Crippen molar-refractivity contribution in [1.29, 1.82) is 0 Å². The highest BCUT2D eigenvalue weighted by atomic mass is 16.4. The molecular weight excluding hydrogens is 648 g/mol. The third kappa shape index (κ3) is 20.3. The van der Waals surface area contributed by atoms with Crippen molar-refractivity contribution < 1.29 is 90.0 Å². The molecule has 0 saturated carbocycles. The number of aliphatic carboxylic acids is 6. The molecule has 0 saturated heterocycles. The van der Waals surface area contributed by atoms with Crippen LogP contribution in [-0.2, 0) is 28.8 Å². The second-order valence-electron chi connectivity index (χ2n) is 8.77. The summed E-state index contributed by atoms with van der Waals surface area (Å²) >= 11 is 0. The molecule has 0 aliphatic carbocycles. The topological polar surface area (TPSA) is 345 Å². The third-order valence-electron chi connectivity index (χ3n) is 4.21. The van der Waals surface area contributed by atoms with Crippen molar-refractivity contribution in [2.75, 3.05) is 0 Å². The zero-order valence-electron chi connectivity index (χ0n) is 26.3. The first-order chi connectivity index (χ1) is 21.8. The van der Waals surface area contributed by atoms with Crippen LogP contribution in [0.1, 0.15) is 41.5 Å². The van der Waals surface area contributed by atoms with Crippen LogP contribution < -0.4 is 0 Å². The van der Waals surface area contributed by atoms with Gasteiger partial charge in [0.1, 0.15) is 0 Å². The summed E-state index contributed by atoms with van der Waals surface area (Å²) in [4.78, 5) is 54.0. The van der Waals surface area contributed by atoms with Crippen LogP contribution in [0.2, 0.25) is 0 Å². The molecule has 18 nitrogen and oxygen atoms in total. The number of aromatic hydroxyl groups is 6. The van der Waals surface area contributed by atoms with Crippen molar-refractivity contribution in [3.63, 3.8) is 0 Å². The van der Waals surface area contributed by atoms with Gasteiger partial charge >= 0.3 is 0 Å². The van der Waals surface area contributed by atoms with Gasteiger partial charge in [0.25, 0.3) is 35.8 Å². The SMILES string of the molecule is CC(=O)O.CC(=O)O.CC(=O)O.CC(=O)O.CC(=O)O.CC(=O)O.Oc1cc2c3cc(O)c(O)cc3c3cc(O)c(O)cc3c2cc1O. The van der Waals surface area contributed by atoms with E-state index in [-0.39, 0.29) is 34.5 Å². The predicted octanol–water partition coefficient (Wildman–Crippen LogP) is 3.93. The van der Waals surface area contributed by atoms with Crippen LogP contribution in [0.5, 0.6) is 34.5 Å². The molecule has 4 aromatic carbocycles. The molecule has 0 bridgehead atoms. The van der Waals surface area contributed by atoms with Gasteiger partial charge in [-0.15, -0.1) is 0 Å². The first kappa shape index (κ1) is 45.7. The minimum Gasteiger partial charge on any atom is -0.504 e. The zero-order valence-corrected chi connectivity index (χ0v) is 26.3.